The number of nitrogens with two attached hydrogens (primary N) is 1. The molecule has 3 rings (SSSR count). The number of unbranched alkanes of at least 4 members (excludes halogenated alkanes) is 5. The smallest absolute Gasteiger partial charge is 0.195 e. The molecule has 0 radical (unpaired) electrons. The van der Waals surface area contributed by atoms with Gasteiger partial charge in [0, 0.05) is 46.0 Å². The molecule has 0 spiro atoms. The number of nitrogen functional groups attached to an aromatic ring is 1. The molecular formula is C41H66N4O2. The highest BCUT2D eigenvalue weighted by atomic mass is 16.5. The van der Waals surface area contributed by atoms with Gasteiger partial charge >= 0.3 is 0 Å². The van der Waals surface area contributed by atoms with Gasteiger partial charge in [0.05, 0.1) is 12.2 Å². The third-order valence-electron chi connectivity index (χ3n) is 9.54. The van der Waals surface area contributed by atoms with E-state index in [0.717, 1.165) is 117 Å². The van der Waals surface area contributed by atoms with Crippen molar-refractivity contribution in [1.29, 1.82) is 0 Å². The minimum atomic E-state index is 0.0618. The fourth-order valence-electron chi connectivity index (χ4n) is 6.75. The van der Waals surface area contributed by atoms with Crippen LogP contribution < -0.4 is 10.5 Å². The Labute approximate surface area is 286 Å². The second kappa shape index (κ2) is 21.2. The van der Waals surface area contributed by atoms with E-state index in [9.17, 15) is 4.79 Å². The number of carbonyl (C=O) groups is 1. The average Bonchev–Trinajstić information content (AvgIpc) is 3.46. The fraction of sp³-hybridized carbons (Fsp3) is 0.634. The summed E-state index contributed by atoms with van der Waals surface area (Å²) in [6.45, 7) is 19.6. The lowest BCUT2D eigenvalue weighted by molar-refractivity contribution is 0.103. The van der Waals surface area contributed by atoms with Crippen LogP contribution in [0.5, 0.6) is 5.75 Å². The lowest BCUT2D eigenvalue weighted by Gasteiger charge is -2.33. The van der Waals surface area contributed by atoms with Crippen LogP contribution in [0.4, 0.5) is 5.69 Å². The molecule has 0 bridgehead atoms. The monoisotopic (exact) mass is 647 g/mol. The second-order valence-corrected chi connectivity index (χ2v) is 13.3. The quantitative estimate of drug-likeness (QED) is 0.0544. The van der Waals surface area contributed by atoms with Crippen LogP contribution in [0, 0.1) is 0 Å². The molecule has 262 valence electrons. The molecule has 3 aromatic rings. The Morgan fingerprint density at radius 1 is 0.745 bits per heavy atom. The van der Waals surface area contributed by atoms with Crippen molar-refractivity contribution in [2.75, 3.05) is 45.1 Å². The molecule has 1 heterocycles. The average molecular weight is 647 g/mol. The number of benzene rings is 2. The molecule has 3 N–H and O–H groups in total. The molecule has 0 aliphatic carbocycles. The predicted octanol–water partition coefficient (Wildman–Crippen LogP) is 10.3. The predicted molar refractivity (Wildman–Crippen MR) is 202 cm³/mol. The summed E-state index contributed by atoms with van der Waals surface area (Å²) in [5.41, 5.74) is 12.3. The summed E-state index contributed by atoms with van der Waals surface area (Å²) in [6, 6.07) is 12.1. The Balaban J connectivity index is 1.90. The zero-order valence-electron chi connectivity index (χ0n) is 30.8. The number of carbonyl (C=O) groups excluding carboxylic acids is 1. The summed E-state index contributed by atoms with van der Waals surface area (Å²) in [5, 5.41) is 1.02. The van der Waals surface area contributed by atoms with Crippen LogP contribution in [0.25, 0.3) is 10.9 Å². The van der Waals surface area contributed by atoms with Crippen molar-refractivity contribution in [1.82, 2.24) is 14.8 Å². The zero-order chi connectivity index (χ0) is 34.0. The summed E-state index contributed by atoms with van der Waals surface area (Å²) in [4.78, 5) is 23.4. The van der Waals surface area contributed by atoms with Gasteiger partial charge in [0.1, 0.15) is 5.75 Å². The van der Waals surface area contributed by atoms with E-state index in [0.29, 0.717) is 12.2 Å². The maximum Gasteiger partial charge on any atom is 0.195 e. The van der Waals surface area contributed by atoms with E-state index in [1.807, 2.05) is 30.3 Å². The molecule has 47 heavy (non-hydrogen) atoms. The van der Waals surface area contributed by atoms with Crippen LogP contribution in [0.3, 0.4) is 0 Å². The van der Waals surface area contributed by atoms with Crippen LogP contribution in [-0.2, 0) is 6.42 Å². The van der Waals surface area contributed by atoms with Crippen molar-refractivity contribution in [2.45, 2.75) is 131 Å². The number of rotatable bonds is 25. The number of aromatic nitrogens is 1. The highest BCUT2D eigenvalue weighted by molar-refractivity contribution is 6.18. The first-order valence-corrected chi connectivity index (χ1v) is 19.1. The Hall–Kier alpha value is -2.83. The number of H-pyrrole nitrogens is 1. The number of hydrogen-bond donors (Lipinski definition) is 2. The molecule has 0 saturated carbocycles. The Morgan fingerprint density at radius 2 is 1.32 bits per heavy atom. The van der Waals surface area contributed by atoms with Gasteiger partial charge in [-0.3, -0.25) is 9.69 Å². The van der Waals surface area contributed by atoms with Crippen molar-refractivity contribution in [3.8, 4) is 5.75 Å². The molecule has 1 atom stereocenters. The van der Waals surface area contributed by atoms with E-state index < -0.39 is 0 Å². The van der Waals surface area contributed by atoms with Crippen molar-refractivity contribution in [3.05, 3.63) is 58.8 Å². The SMILES string of the molecule is CCCCc1[nH]c2ccc(N)c(C(CC)N(CCCC)CCCC)c2c1C(=O)c1ccc(OCCCN(CCCC)CCCC)cc1. The first-order chi connectivity index (χ1) is 22.9. The van der Waals surface area contributed by atoms with Crippen LogP contribution in [0.2, 0.25) is 0 Å². The number of anilines is 1. The van der Waals surface area contributed by atoms with Gasteiger partial charge in [0.25, 0.3) is 0 Å². The summed E-state index contributed by atoms with van der Waals surface area (Å²) >= 11 is 0. The van der Waals surface area contributed by atoms with E-state index in [2.05, 4.69) is 62.4 Å². The normalized spacial score (nSPS) is 12.4. The number of fused-ring (bicyclic) bond motifs is 1. The van der Waals surface area contributed by atoms with E-state index in [1.165, 1.54) is 38.8 Å². The third-order valence-corrected chi connectivity index (χ3v) is 9.54. The van der Waals surface area contributed by atoms with E-state index in [-0.39, 0.29) is 11.8 Å². The number of nitrogens with one attached hydrogen (secondary N) is 1. The molecule has 0 saturated heterocycles. The number of hydrogen-bond acceptors (Lipinski definition) is 5. The first kappa shape index (κ1) is 38.6. The van der Waals surface area contributed by atoms with E-state index in [4.69, 9.17) is 10.5 Å². The summed E-state index contributed by atoms with van der Waals surface area (Å²) in [5.74, 6) is 0.880. The summed E-state index contributed by atoms with van der Waals surface area (Å²) in [7, 11) is 0. The van der Waals surface area contributed by atoms with Crippen LogP contribution in [0.15, 0.2) is 36.4 Å². The van der Waals surface area contributed by atoms with Crippen LogP contribution in [-0.4, -0.2) is 59.9 Å². The largest absolute Gasteiger partial charge is 0.494 e. The molecule has 0 aliphatic rings. The molecule has 1 aromatic heterocycles. The topological polar surface area (TPSA) is 74.6 Å². The lowest BCUT2D eigenvalue weighted by Crippen LogP contribution is -2.31. The Kier molecular flexibility index (Phi) is 17.4. The van der Waals surface area contributed by atoms with Gasteiger partial charge in [0.2, 0.25) is 0 Å². The van der Waals surface area contributed by atoms with Gasteiger partial charge < -0.3 is 20.4 Å². The van der Waals surface area contributed by atoms with E-state index >= 15 is 0 Å². The highest BCUT2D eigenvalue weighted by Crippen LogP contribution is 2.39. The molecule has 6 nitrogen and oxygen atoms in total. The number of aromatic amines is 1. The second-order valence-electron chi connectivity index (χ2n) is 13.3. The van der Waals surface area contributed by atoms with Gasteiger partial charge in [-0.25, -0.2) is 0 Å². The first-order valence-electron chi connectivity index (χ1n) is 19.1. The van der Waals surface area contributed by atoms with Crippen molar-refractivity contribution < 1.29 is 9.53 Å². The Bertz CT molecular complexity index is 1300. The van der Waals surface area contributed by atoms with E-state index in [1.54, 1.807) is 0 Å². The minimum Gasteiger partial charge on any atom is -0.494 e. The maximum absolute atomic E-state index is 14.5. The molecule has 0 amide bonds. The zero-order valence-corrected chi connectivity index (χ0v) is 30.8. The maximum atomic E-state index is 14.5. The fourth-order valence-corrected chi connectivity index (χ4v) is 6.75. The van der Waals surface area contributed by atoms with Gasteiger partial charge in [-0.05, 0) is 114 Å². The Morgan fingerprint density at radius 3 is 1.89 bits per heavy atom. The van der Waals surface area contributed by atoms with Crippen molar-refractivity contribution in [2.24, 2.45) is 0 Å². The lowest BCUT2D eigenvalue weighted by atomic mass is 9.90. The van der Waals surface area contributed by atoms with Crippen LogP contribution in [0.1, 0.15) is 152 Å². The minimum absolute atomic E-state index is 0.0618. The number of aryl methyl sites for hydroxylation is 1. The van der Waals surface area contributed by atoms with Crippen LogP contribution >= 0.6 is 0 Å². The van der Waals surface area contributed by atoms with Gasteiger partial charge in [-0.2, -0.15) is 0 Å². The molecule has 6 heteroatoms. The standard InChI is InChI=1S/C41H66N4O2/c1-7-13-19-35-40(39-36(43-35)25-24-34(42)38(39)37(12-6)45(29-16-10-4)30-17-11-5)41(46)32-20-22-33(23-21-32)47-31-18-28-44(26-14-8-2)27-15-9-3/h20-25,37,43H,7-19,26-31,42H2,1-6H3. The van der Waals surface area contributed by atoms with Gasteiger partial charge in [-0.15, -0.1) is 0 Å². The summed E-state index contributed by atoms with van der Waals surface area (Å²) in [6.07, 6.45) is 14.5. The van der Waals surface area contributed by atoms with Gasteiger partial charge in [0.15, 0.2) is 5.78 Å². The van der Waals surface area contributed by atoms with Gasteiger partial charge in [-0.1, -0.05) is 73.6 Å². The van der Waals surface area contributed by atoms with Crippen molar-refractivity contribution >= 4 is 22.4 Å². The highest BCUT2D eigenvalue weighted by Gasteiger charge is 2.28. The molecule has 1 unspecified atom stereocenters. The number of nitrogens with zero attached hydrogens (tertiary/aromatic N) is 2. The molecular weight excluding hydrogens is 580 g/mol. The molecule has 0 aliphatic heterocycles. The molecule has 2 aromatic carbocycles. The molecule has 0 fully saturated rings. The summed E-state index contributed by atoms with van der Waals surface area (Å²) < 4.78 is 6.14. The third kappa shape index (κ3) is 11.1. The number of ether oxygens (including phenoxy) is 1. The number of ketones is 1. The van der Waals surface area contributed by atoms with Crippen molar-refractivity contribution in [3.63, 3.8) is 0 Å².